The molecule has 0 bridgehead atoms. The van der Waals surface area contributed by atoms with Gasteiger partial charge in [-0.2, -0.15) is 0 Å². The number of benzene rings is 1. The molecule has 0 saturated heterocycles. The first-order chi connectivity index (χ1) is 11.1. The second-order valence-corrected chi connectivity index (χ2v) is 7.90. The Hall–Kier alpha value is -2.41. The topological polar surface area (TPSA) is 85.4 Å². The number of carbonyl (C=O) groups is 1. The van der Waals surface area contributed by atoms with Crippen molar-refractivity contribution in [2.75, 3.05) is 11.8 Å². The minimum absolute atomic E-state index is 0.0295. The molecule has 1 N–H and O–H groups in total. The highest BCUT2D eigenvalue weighted by Crippen LogP contribution is 2.29. The van der Waals surface area contributed by atoms with E-state index < -0.39 is 16.0 Å². The molecule has 0 aliphatic rings. The molecule has 0 saturated carbocycles. The van der Waals surface area contributed by atoms with Crippen LogP contribution in [0.5, 0.6) is 0 Å². The Morgan fingerprint density at radius 2 is 1.75 bits per heavy atom. The Morgan fingerprint density at radius 1 is 1.08 bits per heavy atom. The van der Waals surface area contributed by atoms with Gasteiger partial charge < -0.3 is 4.74 Å². The fourth-order valence-corrected chi connectivity index (χ4v) is 3.64. The molecule has 1 heterocycles. The molecular formula is C17H20N2O4S. The number of hydrogen-bond donors (Lipinski definition) is 1. The van der Waals surface area contributed by atoms with E-state index >= 15 is 0 Å². The van der Waals surface area contributed by atoms with Gasteiger partial charge in [-0.25, -0.2) is 18.2 Å². The van der Waals surface area contributed by atoms with E-state index in [1.807, 2.05) is 20.8 Å². The Morgan fingerprint density at radius 3 is 2.38 bits per heavy atom. The van der Waals surface area contributed by atoms with Gasteiger partial charge in [0.05, 0.1) is 12.0 Å². The van der Waals surface area contributed by atoms with Crippen molar-refractivity contribution in [3.05, 3.63) is 53.7 Å². The lowest BCUT2D eigenvalue weighted by molar-refractivity contribution is 0.0594. The summed E-state index contributed by atoms with van der Waals surface area (Å²) in [4.78, 5) is 15.7. The summed E-state index contributed by atoms with van der Waals surface area (Å²) in [7, 11) is -2.60. The van der Waals surface area contributed by atoms with Crippen LogP contribution < -0.4 is 4.72 Å². The molecule has 0 fully saturated rings. The minimum atomic E-state index is -3.84. The third-order valence-electron chi connectivity index (χ3n) is 3.37. The average Bonchev–Trinajstić information content (AvgIpc) is 2.53. The van der Waals surface area contributed by atoms with Gasteiger partial charge in [0, 0.05) is 0 Å². The summed E-state index contributed by atoms with van der Waals surface area (Å²) in [5, 5.41) is 0. The molecule has 0 radical (unpaired) electrons. The molecule has 0 amide bonds. The van der Waals surface area contributed by atoms with Crippen LogP contribution in [-0.4, -0.2) is 26.5 Å². The van der Waals surface area contributed by atoms with Gasteiger partial charge in [0.25, 0.3) is 10.0 Å². The van der Waals surface area contributed by atoms with E-state index in [0.717, 1.165) is 0 Å². The maximum Gasteiger partial charge on any atom is 0.356 e. The summed E-state index contributed by atoms with van der Waals surface area (Å²) < 4.78 is 32.5. The van der Waals surface area contributed by atoms with Crippen LogP contribution in [0.15, 0.2) is 47.4 Å². The molecule has 2 rings (SSSR count). The Labute approximate surface area is 141 Å². The average molecular weight is 348 g/mol. The second-order valence-electron chi connectivity index (χ2n) is 6.25. The molecule has 6 nitrogen and oxygen atoms in total. The Kier molecular flexibility index (Phi) is 4.94. The number of sulfonamides is 1. The molecular weight excluding hydrogens is 328 g/mol. The van der Waals surface area contributed by atoms with Crippen molar-refractivity contribution >= 4 is 21.8 Å². The van der Waals surface area contributed by atoms with Crippen LogP contribution in [0.4, 0.5) is 5.82 Å². The standard InChI is InChI=1S/C17H20N2O4S/c1-17(2,3)12-8-5-6-10-14(12)24(21,22)19-15-11-7-9-13(18-15)16(20)23-4/h5-11H,1-4H3,(H,18,19). The maximum atomic E-state index is 12.8. The number of ether oxygens (including phenoxy) is 1. The van der Waals surface area contributed by atoms with E-state index in [1.54, 1.807) is 24.3 Å². The summed E-state index contributed by atoms with van der Waals surface area (Å²) in [5.41, 5.74) is 0.385. The van der Waals surface area contributed by atoms with Crippen molar-refractivity contribution in [1.82, 2.24) is 4.98 Å². The largest absolute Gasteiger partial charge is 0.464 e. The highest BCUT2D eigenvalue weighted by atomic mass is 32.2. The van der Waals surface area contributed by atoms with Gasteiger partial charge in [-0.15, -0.1) is 0 Å². The van der Waals surface area contributed by atoms with Gasteiger partial charge in [0.2, 0.25) is 0 Å². The van der Waals surface area contributed by atoms with E-state index in [-0.39, 0.29) is 21.8 Å². The molecule has 0 unspecified atom stereocenters. The molecule has 128 valence electrons. The SMILES string of the molecule is COC(=O)c1cccc(NS(=O)(=O)c2ccccc2C(C)(C)C)n1. The highest BCUT2D eigenvalue weighted by molar-refractivity contribution is 7.92. The first kappa shape index (κ1) is 17.9. The van der Waals surface area contributed by atoms with Crippen LogP contribution >= 0.6 is 0 Å². The molecule has 24 heavy (non-hydrogen) atoms. The van der Waals surface area contributed by atoms with E-state index in [9.17, 15) is 13.2 Å². The van der Waals surface area contributed by atoms with Crippen LogP contribution in [0.3, 0.4) is 0 Å². The monoisotopic (exact) mass is 348 g/mol. The smallest absolute Gasteiger partial charge is 0.356 e. The van der Waals surface area contributed by atoms with Crippen molar-refractivity contribution in [3.8, 4) is 0 Å². The molecule has 0 aliphatic carbocycles. The van der Waals surface area contributed by atoms with Crippen LogP contribution in [-0.2, 0) is 20.2 Å². The molecule has 0 spiro atoms. The van der Waals surface area contributed by atoms with E-state index in [4.69, 9.17) is 0 Å². The number of anilines is 1. The molecule has 0 atom stereocenters. The first-order valence-corrected chi connectivity index (χ1v) is 8.81. The summed E-state index contributed by atoms with van der Waals surface area (Å²) in [6.07, 6.45) is 0. The van der Waals surface area contributed by atoms with Crippen molar-refractivity contribution < 1.29 is 17.9 Å². The van der Waals surface area contributed by atoms with Gasteiger partial charge in [0.15, 0.2) is 5.69 Å². The predicted molar refractivity (Wildman–Crippen MR) is 91.5 cm³/mol. The second kappa shape index (κ2) is 6.60. The number of esters is 1. The number of nitrogens with zero attached hydrogens (tertiary/aromatic N) is 1. The lowest BCUT2D eigenvalue weighted by atomic mass is 9.87. The van der Waals surface area contributed by atoms with Gasteiger partial charge in [0.1, 0.15) is 5.82 Å². The lowest BCUT2D eigenvalue weighted by Gasteiger charge is -2.22. The zero-order valence-corrected chi connectivity index (χ0v) is 14.8. The van der Waals surface area contributed by atoms with Crippen molar-refractivity contribution in [2.45, 2.75) is 31.1 Å². The third-order valence-corrected chi connectivity index (χ3v) is 4.78. The third kappa shape index (κ3) is 3.91. The van der Waals surface area contributed by atoms with Crippen LogP contribution in [0.1, 0.15) is 36.8 Å². The fraction of sp³-hybridized carbons (Fsp3) is 0.294. The van der Waals surface area contributed by atoms with Crippen molar-refractivity contribution in [1.29, 1.82) is 0 Å². The summed E-state index contributed by atoms with van der Waals surface area (Å²) in [5.74, 6) is -0.576. The zero-order valence-electron chi connectivity index (χ0n) is 14.0. The number of nitrogens with one attached hydrogen (secondary N) is 1. The number of pyridine rings is 1. The molecule has 7 heteroatoms. The highest BCUT2D eigenvalue weighted by Gasteiger charge is 2.25. The Bertz CT molecular complexity index is 855. The molecule has 1 aromatic heterocycles. The van der Waals surface area contributed by atoms with Crippen molar-refractivity contribution in [3.63, 3.8) is 0 Å². The number of methoxy groups -OCH3 is 1. The summed E-state index contributed by atoms with van der Waals surface area (Å²) in [6.45, 7) is 5.83. The molecule has 1 aromatic carbocycles. The van der Waals surface area contributed by atoms with Crippen LogP contribution in [0.2, 0.25) is 0 Å². The van der Waals surface area contributed by atoms with E-state index in [0.29, 0.717) is 5.56 Å². The normalized spacial score (nSPS) is 11.8. The van der Waals surface area contributed by atoms with E-state index in [2.05, 4.69) is 14.4 Å². The van der Waals surface area contributed by atoms with Crippen molar-refractivity contribution in [2.24, 2.45) is 0 Å². The predicted octanol–water partition coefficient (Wildman–Crippen LogP) is 2.97. The lowest BCUT2D eigenvalue weighted by Crippen LogP contribution is -2.21. The zero-order chi connectivity index (χ0) is 18.0. The number of carbonyl (C=O) groups excluding carboxylic acids is 1. The quantitative estimate of drug-likeness (QED) is 0.859. The summed E-state index contributed by atoms with van der Waals surface area (Å²) in [6, 6.07) is 11.3. The Balaban J connectivity index is 2.42. The fourth-order valence-electron chi connectivity index (χ4n) is 2.22. The van der Waals surface area contributed by atoms with Crippen LogP contribution in [0, 0.1) is 0 Å². The van der Waals surface area contributed by atoms with Crippen LogP contribution in [0.25, 0.3) is 0 Å². The van der Waals surface area contributed by atoms with Gasteiger partial charge in [-0.1, -0.05) is 45.0 Å². The van der Waals surface area contributed by atoms with Gasteiger partial charge in [-0.3, -0.25) is 4.72 Å². The molecule has 0 aliphatic heterocycles. The van der Waals surface area contributed by atoms with E-state index in [1.165, 1.54) is 25.3 Å². The number of hydrogen-bond acceptors (Lipinski definition) is 5. The number of rotatable bonds is 4. The maximum absolute atomic E-state index is 12.8. The molecule has 2 aromatic rings. The first-order valence-electron chi connectivity index (χ1n) is 7.33. The number of aromatic nitrogens is 1. The van der Waals surface area contributed by atoms with Gasteiger partial charge >= 0.3 is 5.97 Å². The summed E-state index contributed by atoms with van der Waals surface area (Å²) >= 11 is 0. The minimum Gasteiger partial charge on any atom is -0.464 e. The van der Waals surface area contributed by atoms with Gasteiger partial charge in [-0.05, 0) is 29.2 Å².